The van der Waals surface area contributed by atoms with Gasteiger partial charge in [0.1, 0.15) is 11.6 Å². The summed E-state index contributed by atoms with van der Waals surface area (Å²) in [7, 11) is 1.69. The molecule has 0 bridgehead atoms. The summed E-state index contributed by atoms with van der Waals surface area (Å²) >= 11 is 1.64. The second-order valence-corrected chi connectivity index (χ2v) is 4.89. The molecule has 5 nitrogen and oxygen atoms in total. The maximum Gasteiger partial charge on any atom is 0.191 e. The molecule has 1 heterocycles. The molecule has 0 atom stereocenters. The van der Waals surface area contributed by atoms with Crippen LogP contribution in [0, 0.1) is 0 Å². The number of hydrogen-bond acceptors (Lipinski definition) is 5. The first-order chi connectivity index (χ1) is 9.30. The number of nitrogens with zero attached hydrogens (tertiary/aromatic N) is 3. The van der Waals surface area contributed by atoms with Crippen molar-refractivity contribution in [3.63, 3.8) is 0 Å². The summed E-state index contributed by atoms with van der Waals surface area (Å²) in [6.07, 6.45) is 0. The van der Waals surface area contributed by atoms with Gasteiger partial charge in [-0.3, -0.25) is 0 Å². The third kappa shape index (κ3) is 3.08. The van der Waals surface area contributed by atoms with E-state index in [1.54, 1.807) is 18.9 Å². The van der Waals surface area contributed by atoms with Gasteiger partial charge in [-0.15, -0.1) is 10.2 Å². The molecule has 0 amide bonds. The Kier molecular flexibility index (Phi) is 4.81. The van der Waals surface area contributed by atoms with E-state index in [2.05, 4.69) is 23.2 Å². The van der Waals surface area contributed by atoms with Crippen LogP contribution in [0.2, 0.25) is 0 Å². The van der Waals surface area contributed by atoms with E-state index in [0.29, 0.717) is 6.54 Å². The molecule has 0 saturated heterocycles. The molecule has 0 aliphatic heterocycles. The summed E-state index contributed by atoms with van der Waals surface area (Å²) in [6, 6.07) is 8.00. The Morgan fingerprint density at radius 3 is 2.79 bits per heavy atom. The van der Waals surface area contributed by atoms with E-state index in [1.165, 1.54) is 0 Å². The Balaban J connectivity index is 2.12. The number of rotatable bonds is 6. The average molecular weight is 278 g/mol. The summed E-state index contributed by atoms with van der Waals surface area (Å²) in [6.45, 7) is 3.31. The van der Waals surface area contributed by atoms with Crippen molar-refractivity contribution < 1.29 is 4.74 Å². The number of methoxy groups -OCH3 is 1. The topological polar surface area (TPSA) is 66.0 Å². The van der Waals surface area contributed by atoms with Gasteiger partial charge in [-0.05, 0) is 13.0 Å². The molecule has 0 aliphatic carbocycles. The van der Waals surface area contributed by atoms with Crippen LogP contribution in [0.25, 0.3) is 0 Å². The van der Waals surface area contributed by atoms with Crippen LogP contribution >= 0.6 is 11.8 Å². The van der Waals surface area contributed by atoms with Crippen LogP contribution in [0.3, 0.4) is 0 Å². The zero-order valence-corrected chi connectivity index (χ0v) is 12.0. The molecule has 6 heteroatoms. The Bertz CT molecular complexity index is 541. The van der Waals surface area contributed by atoms with Crippen molar-refractivity contribution in [3.8, 4) is 5.75 Å². The van der Waals surface area contributed by atoms with Crippen LogP contribution < -0.4 is 10.5 Å². The molecule has 2 N–H and O–H groups in total. The molecule has 102 valence electrons. The summed E-state index contributed by atoms with van der Waals surface area (Å²) in [5.41, 5.74) is 6.79. The number of aromatic nitrogens is 3. The third-order valence-corrected chi connectivity index (χ3v) is 3.86. The van der Waals surface area contributed by atoms with Crippen molar-refractivity contribution in [1.29, 1.82) is 0 Å². The second kappa shape index (κ2) is 6.58. The van der Waals surface area contributed by atoms with E-state index < -0.39 is 0 Å². The lowest BCUT2D eigenvalue weighted by atomic mass is 10.2. The molecular weight excluding hydrogens is 260 g/mol. The molecule has 0 spiro atoms. The van der Waals surface area contributed by atoms with E-state index in [1.807, 2.05) is 22.8 Å². The minimum Gasteiger partial charge on any atom is -0.496 e. The Morgan fingerprint density at radius 2 is 2.11 bits per heavy atom. The summed E-state index contributed by atoms with van der Waals surface area (Å²) in [5, 5.41) is 9.18. The van der Waals surface area contributed by atoms with Crippen molar-refractivity contribution in [2.45, 2.75) is 30.9 Å². The fourth-order valence-electron chi connectivity index (χ4n) is 1.86. The number of nitrogens with two attached hydrogens (primary N) is 1. The highest BCUT2D eigenvalue weighted by atomic mass is 32.2. The smallest absolute Gasteiger partial charge is 0.191 e. The second-order valence-electron chi connectivity index (χ2n) is 3.95. The zero-order chi connectivity index (χ0) is 13.7. The van der Waals surface area contributed by atoms with E-state index in [4.69, 9.17) is 10.5 Å². The van der Waals surface area contributed by atoms with Gasteiger partial charge in [0.2, 0.25) is 0 Å². The third-order valence-electron chi connectivity index (χ3n) is 2.84. The highest BCUT2D eigenvalue weighted by molar-refractivity contribution is 7.98. The number of thioether (sulfide) groups is 1. The molecule has 1 aromatic heterocycles. The monoisotopic (exact) mass is 278 g/mol. The Labute approximate surface area is 117 Å². The van der Waals surface area contributed by atoms with Gasteiger partial charge in [-0.1, -0.05) is 30.0 Å². The van der Waals surface area contributed by atoms with E-state index in [-0.39, 0.29) is 0 Å². The van der Waals surface area contributed by atoms with Gasteiger partial charge in [0.05, 0.1) is 13.7 Å². The van der Waals surface area contributed by atoms with Crippen molar-refractivity contribution in [1.82, 2.24) is 14.8 Å². The van der Waals surface area contributed by atoms with Crippen LogP contribution in [0.5, 0.6) is 5.75 Å². The highest BCUT2D eigenvalue weighted by Crippen LogP contribution is 2.27. The quantitative estimate of drug-likeness (QED) is 0.819. The molecule has 0 unspecified atom stereocenters. The largest absolute Gasteiger partial charge is 0.496 e. The van der Waals surface area contributed by atoms with Crippen LogP contribution in [0.1, 0.15) is 18.3 Å². The number of para-hydroxylation sites is 1. The first-order valence-corrected chi connectivity index (χ1v) is 7.15. The van der Waals surface area contributed by atoms with E-state index in [9.17, 15) is 0 Å². The molecule has 0 radical (unpaired) electrons. The SMILES string of the molecule is CCn1c(CN)nnc1SCc1ccccc1OC. The zero-order valence-electron chi connectivity index (χ0n) is 11.2. The van der Waals surface area contributed by atoms with Gasteiger partial charge in [0.15, 0.2) is 5.16 Å². The molecule has 1 aromatic carbocycles. The highest BCUT2D eigenvalue weighted by Gasteiger charge is 2.11. The molecule has 0 saturated carbocycles. The van der Waals surface area contributed by atoms with Crippen LogP contribution in [0.4, 0.5) is 0 Å². The molecule has 2 rings (SSSR count). The number of hydrogen-bond donors (Lipinski definition) is 1. The Hall–Kier alpha value is -1.53. The van der Waals surface area contributed by atoms with Gasteiger partial charge in [0, 0.05) is 17.9 Å². The minimum atomic E-state index is 0.413. The standard InChI is InChI=1S/C13H18N4OS/c1-3-17-12(8-14)15-16-13(17)19-9-10-6-4-5-7-11(10)18-2/h4-7H,3,8-9,14H2,1-2H3. The van der Waals surface area contributed by atoms with Crippen molar-refractivity contribution >= 4 is 11.8 Å². The lowest BCUT2D eigenvalue weighted by molar-refractivity contribution is 0.411. The van der Waals surface area contributed by atoms with Crippen LogP contribution in [0.15, 0.2) is 29.4 Å². The van der Waals surface area contributed by atoms with Gasteiger partial charge < -0.3 is 15.0 Å². The molecule has 2 aromatic rings. The summed E-state index contributed by atoms with van der Waals surface area (Å²) in [4.78, 5) is 0. The fourth-order valence-corrected chi connectivity index (χ4v) is 2.87. The lowest BCUT2D eigenvalue weighted by Gasteiger charge is -2.08. The fraction of sp³-hybridized carbons (Fsp3) is 0.385. The van der Waals surface area contributed by atoms with Crippen LogP contribution in [-0.2, 0) is 18.8 Å². The predicted octanol–water partition coefficient (Wildman–Crippen LogP) is 2.06. The van der Waals surface area contributed by atoms with Crippen molar-refractivity contribution in [2.24, 2.45) is 5.73 Å². The van der Waals surface area contributed by atoms with Crippen molar-refractivity contribution in [3.05, 3.63) is 35.7 Å². The predicted molar refractivity (Wildman–Crippen MR) is 76.1 cm³/mol. The number of benzene rings is 1. The first-order valence-electron chi connectivity index (χ1n) is 6.17. The molecular formula is C13H18N4OS. The van der Waals surface area contributed by atoms with Gasteiger partial charge in [-0.25, -0.2) is 0 Å². The normalized spacial score (nSPS) is 10.7. The van der Waals surface area contributed by atoms with Gasteiger partial charge in [-0.2, -0.15) is 0 Å². The van der Waals surface area contributed by atoms with Crippen LogP contribution in [-0.4, -0.2) is 21.9 Å². The van der Waals surface area contributed by atoms with Crippen molar-refractivity contribution in [2.75, 3.05) is 7.11 Å². The summed E-state index contributed by atoms with van der Waals surface area (Å²) < 4.78 is 7.38. The van der Waals surface area contributed by atoms with E-state index in [0.717, 1.165) is 34.6 Å². The Morgan fingerprint density at radius 1 is 1.32 bits per heavy atom. The van der Waals surface area contributed by atoms with Gasteiger partial charge in [0.25, 0.3) is 0 Å². The molecule has 0 fully saturated rings. The summed E-state index contributed by atoms with van der Waals surface area (Å²) in [5.74, 6) is 2.52. The maximum atomic E-state index is 5.64. The number of ether oxygens (including phenoxy) is 1. The maximum absolute atomic E-state index is 5.64. The van der Waals surface area contributed by atoms with E-state index >= 15 is 0 Å². The molecule has 0 aliphatic rings. The first kappa shape index (κ1) is 13.9. The average Bonchev–Trinajstić information content (AvgIpc) is 2.87. The molecule has 19 heavy (non-hydrogen) atoms. The van der Waals surface area contributed by atoms with Gasteiger partial charge >= 0.3 is 0 Å². The minimum absolute atomic E-state index is 0.413. The lowest BCUT2D eigenvalue weighted by Crippen LogP contribution is -2.08.